The van der Waals surface area contributed by atoms with Crippen LogP contribution in [0.3, 0.4) is 0 Å². The van der Waals surface area contributed by atoms with Crippen molar-refractivity contribution in [2.45, 2.75) is 47.3 Å². The van der Waals surface area contributed by atoms with Gasteiger partial charge in [0.05, 0.1) is 27.0 Å². The second-order valence-electron chi connectivity index (χ2n) is 9.48. The summed E-state index contributed by atoms with van der Waals surface area (Å²) in [4.78, 5) is 9.54. The third-order valence-electron chi connectivity index (χ3n) is 5.86. The molecule has 0 radical (unpaired) electrons. The molecule has 0 aliphatic carbocycles. The molecular formula is C27H29N7O3S2. The maximum Gasteiger partial charge on any atom is 0.215 e. The van der Waals surface area contributed by atoms with Gasteiger partial charge in [-0.2, -0.15) is 5.26 Å². The largest absolute Gasteiger partial charge is 0.493 e. The highest BCUT2D eigenvalue weighted by atomic mass is 32.2. The Kier molecular flexibility index (Phi) is 8.62. The Morgan fingerprint density at radius 3 is 2.15 bits per heavy atom. The molecule has 4 rings (SSSR count). The maximum absolute atomic E-state index is 10.2. The zero-order chi connectivity index (χ0) is 28.2. The van der Waals surface area contributed by atoms with Crippen LogP contribution in [0.2, 0.25) is 0 Å². The molecule has 0 atom stereocenters. The minimum atomic E-state index is 0.0815. The quantitative estimate of drug-likeness (QED) is 0.150. The Morgan fingerprint density at radius 2 is 1.64 bits per heavy atom. The third kappa shape index (κ3) is 6.26. The molecule has 0 saturated heterocycles. The molecule has 4 aromatic rings. The summed E-state index contributed by atoms with van der Waals surface area (Å²) in [5.74, 6) is 2.01. The van der Waals surface area contributed by atoms with E-state index in [2.05, 4.69) is 66.6 Å². The normalized spacial score (nSPS) is 11.2. The number of thioether (sulfide) groups is 1. The second-order valence-corrected chi connectivity index (χ2v) is 11.4. The predicted octanol–water partition coefficient (Wildman–Crippen LogP) is 5.31. The number of aryl methyl sites for hydroxylation is 1. The van der Waals surface area contributed by atoms with Crippen LogP contribution in [-0.2, 0) is 18.2 Å². The lowest BCUT2D eigenvalue weighted by Gasteiger charge is -2.19. The first-order valence-corrected chi connectivity index (χ1v) is 13.7. The SMILES string of the molecule is COc1cc(-c2nc(SCc3ccc(C(C)(C)C)cc3)nc(Sc3nnnn3C)c2C#N)cc(OC)c1OC. The summed E-state index contributed by atoms with van der Waals surface area (Å²) in [6.45, 7) is 6.58. The van der Waals surface area contributed by atoms with Crippen molar-refractivity contribution in [2.75, 3.05) is 21.3 Å². The monoisotopic (exact) mass is 563 g/mol. The molecule has 2 heterocycles. The van der Waals surface area contributed by atoms with E-state index in [0.29, 0.717) is 49.6 Å². The van der Waals surface area contributed by atoms with Crippen LogP contribution >= 0.6 is 23.5 Å². The van der Waals surface area contributed by atoms with Crippen LogP contribution in [0.4, 0.5) is 0 Å². The summed E-state index contributed by atoms with van der Waals surface area (Å²) in [7, 11) is 6.35. The summed E-state index contributed by atoms with van der Waals surface area (Å²) in [5, 5.41) is 23.3. The molecule has 2 aromatic heterocycles. The van der Waals surface area contributed by atoms with E-state index in [1.165, 1.54) is 40.9 Å². The van der Waals surface area contributed by atoms with Crippen molar-refractivity contribution in [1.29, 1.82) is 5.26 Å². The Balaban J connectivity index is 1.79. The zero-order valence-corrected chi connectivity index (χ0v) is 24.5. The van der Waals surface area contributed by atoms with Crippen LogP contribution in [-0.4, -0.2) is 51.5 Å². The number of benzene rings is 2. The fourth-order valence-electron chi connectivity index (χ4n) is 3.73. The number of ether oxygens (including phenoxy) is 3. The number of nitriles is 1. The van der Waals surface area contributed by atoms with E-state index in [9.17, 15) is 5.26 Å². The predicted molar refractivity (Wildman–Crippen MR) is 149 cm³/mol. The number of aromatic nitrogens is 6. The molecular weight excluding hydrogens is 534 g/mol. The van der Waals surface area contributed by atoms with E-state index < -0.39 is 0 Å². The summed E-state index contributed by atoms with van der Waals surface area (Å²) in [5.41, 5.74) is 3.84. The molecule has 0 saturated carbocycles. The second kappa shape index (κ2) is 11.9. The van der Waals surface area contributed by atoms with E-state index >= 15 is 0 Å². The van der Waals surface area contributed by atoms with Gasteiger partial charge in [0.25, 0.3) is 0 Å². The van der Waals surface area contributed by atoms with Crippen molar-refractivity contribution in [3.63, 3.8) is 0 Å². The van der Waals surface area contributed by atoms with Crippen molar-refractivity contribution in [2.24, 2.45) is 7.05 Å². The Morgan fingerprint density at radius 1 is 0.974 bits per heavy atom. The average molecular weight is 564 g/mol. The highest BCUT2D eigenvalue weighted by Crippen LogP contribution is 2.43. The molecule has 0 bridgehead atoms. The van der Waals surface area contributed by atoms with Crippen molar-refractivity contribution in [3.05, 3.63) is 53.1 Å². The molecule has 39 heavy (non-hydrogen) atoms. The lowest BCUT2D eigenvalue weighted by atomic mass is 9.87. The summed E-state index contributed by atoms with van der Waals surface area (Å²) >= 11 is 2.68. The molecule has 0 N–H and O–H groups in total. The standard InChI is InChI=1S/C27H29N7O3S2/c1-27(2,3)18-10-8-16(9-11-18)15-38-25-29-22(17-12-20(35-5)23(37-7)21(13-17)36-6)19(14-28)24(30-25)39-26-31-32-33-34(26)4/h8-13H,15H2,1-7H3. The van der Waals surface area contributed by atoms with Crippen LogP contribution in [0.5, 0.6) is 17.2 Å². The maximum atomic E-state index is 10.2. The van der Waals surface area contributed by atoms with Crippen LogP contribution in [0.1, 0.15) is 37.5 Å². The van der Waals surface area contributed by atoms with Crippen LogP contribution in [0.15, 0.2) is 51.7 Å². The first-order valence-electron chi connectivity index (χ1n) is 11.9. The lowest BCUT2D eigenvalue weighted by molar-refractivity contribution is 0.324. The Hall–Kier alpha value is -3.82. The number of rotatable bonds is 9. The number of tetrazole rings is 1. The average Bonchev–Trinajstić information content (AvgIpc) is 3.34. The Labute approximate surface area is 236 Å². The smallest absolute Gasteiger partial charge is 0.215 e. The number of methoxy groups -OCH3 is 3. The summed E-state index contributed by atoms with van der Waals surface area (Å²) < 4.78 is 18.1. The summed E-state index contributed by atoms with van der Waals surface area (Å²) in [6, 6.07) is 14.4. The zero-order valence-electron chi connectivity index (χ0n) is 22.8. The van der Waals surface area contributed by atoms with E-state index in [-0.39, 0.29) is 11.0 Å². The molecule has 10 nitrogen and oxygen atoms in total. The molecule has 0 unspecified atom stereocenters. The molecule has 0 fully saturated rings. The molecule has 0 aliphatic rings. The van der Waals surface area contributed by atoms with Gasteiger partial charge in [0.1, 0.15) is 16.7 Å². The van der Waals surface area contributed by atoms with Crippen molar-refractivity contribution < 1.29 is 14.2 Å². The number of nitrogens with zero attached hydrogens (tertiary/aromatic N) is 7. The first kappa shape index (κ1) is 28.2. The number of hydrogen-bond acceptors (Lipinski definition) is 11. The van der Waals surface area contributed by atoms with Gasteiger partial charge in [0, 0.05) is 18.4 Å². The van der Waals surface area contributed by atoms with Gasteiger partial charge in [-0.05, 0) is 50.9 Å². The fourth-order valence-corrected chi connectivity index (χ4v) is 5.38. The van der Waals surface area contributed by atoms with E-state index in [1.807, 2.05) is 0 Å². The topological polar surface area (TPSA) is 121 Å². The van der Waals surface area contributed by atoms with Gasteiger partial charge in [-0.25, -0.2) is 14.6 Å². The summed E-state index contributed by atoms with van der Waals surface area (Å²) in [6.07, 6.45) is 0. The highest BCUT2D eigenvalue weighted by molar-refractivity contribution is 7.99. The highest BCUT2D eigenvalue weighted by Gasteiger charge is 2.23. The lowest BCUT2D eigenvalue weighted by Crippen LogP contribution is -2.10. The molecule has 12 heteroatoms. The number of hydrogen-bond donors (Lipinski definition) is 0. The van der Waals surface area contributed by atoms with Gasteiger partial charge in [-0.1, -0.05) is 56.8 Å². The molecule has 0 aliphatic heterocycles. The van der Waals surface area contributed by atoms with Gasteiger partial charge >= 0.3 is 0 Å². The third-order valence-corrected chi connectivity index (χ3v) is 7.80. The van der Waals surface area contributed by atoms with Crippen LogP contribution in [0.25, 0.3) is 11.3 Å². The molecule has 202 valence electrons. The minimum absolute atomic E-state index is 0.0815. The van der Waals surface area contributed by atoms with Gasteiger partial charge in [-0.15, -0.1) is 5.10 Å². The van der Waals surface area contributed by atoms with Crippen molar-refractivity contribution in [1.82, 2.24) is 30.2 Å². The van der Waals surface area contributed by atoms with Crippen LogP contribution in [0, 0.1) is 11.3 Å². The van der Waals surface area contributed by atoms with Gasteiger partial charge in [0.2, 0.25) is 10.9 Å². The van der Waals surface area contributed by atoms with Gasteiger partial charge < -0.3 is 14.2 Å². The van der Waals surface area contributed by atoms with E-state index in [0.717, 1.165) is 5.56 Å². The van der Waals surface area contributed by atoms with Crippen molar-refractivity contribution in [3.8, 4) is 34.6 Å². The minimum Gasteiger partial charge on any atom is -0.493 e. The van der Waals surface area contributed by atoms with Gasteiger partial charge in [0.15, 0.2) is 16.7 Å². The Bertz CT molecular complexity index is 1480. The molecule has 0 spiro atoms. The fraction of sp³-hybridized carbons (Fsp3) is 0.333. The van der Waals surface area contributed by atoms with E-state index in [1.54, 1.807) is 33.4 Å². The van der Waals surface area contributed by atoms with Crippen molar-refractivity contribution >= 4 is 23.5 Å². The molecule has 0 amide bonds. The first-order chi connectivity index (χ1) is 18.7. The molecule has 2 aromatic carbocycles. The van der Waals surface area contributed by atoms with Gasteiger partial charge in [-0.3, -0.25) is 0 Å². The van der Waals surface area contributed by atoms with Crippen LogP contribution < -0.4 is 14.2 Å². The van der Waals surface area contributed by atoms with E-state index in [4.69, 9.17) is 24.2 Å².